The van der Waals surface area contributed by atoms with Crippen molar-refractivity contribution in [2.75, 3.05) is 5.32 Å². The first kappa shape index (κ1) is 12.8. The molecule has 0 aliphatic heterocycles. The van der Waals surface area contributed by atoms with E-state index in [2.05, 4.69) is 15.4 Å². The fraction of sp³-hybridized carbons (Fsp3) is 0.214. The number of pyridine rings is 1. The Kier molecular flexibility index (Phi) is 2.94. The van der Waals surface area contributed by atoms with Crippen LogP contribution in [0.5, 0.6) is 0 Å². The zero-order valence-corrected chi connectivity index (χ0v) is 12.5. The number of nitrogens with zero attached hydrogens (tertiary/aromatic N) is 3. The number of rotatable bonds is 3. The number of hydrogen-bond donors (Lipinski definition) is 1. The van der Waals surface area contributed by atoms with Crippen LogP contribution in [-0.2, 0) is 0 Å². The van der Waals surface area contributed by atoms with Gasteiger partial charge in [-0.15, -0.1) is 11.3 Å². The van der Waals surface area contributed by atoms with E-state index in [0.29, 0.717) is 26.5 Å². The molecule has 0 aromatic carbocycles. The average Bonchev–Trinajstić information content (AvgIpc) is 3.07. The Morgan fingerprint density at radius 1 is 1.38 bits per heavy atom. The molecule has 1 amide bonds. The third-order valence-electron chi connectivity index (χ3n) is 3.37. The number of carbonyl (C=O) groups is 1. The summed E-state index contributed by atoms with van der Waals surface area (Å²) in [5, 5.41) is 7.33. The predicted octanol–water partition coefficient (Wildman–Crippen LogP) is 3.57. The summed E-state index contributed by atoms with van der Waals surface area (Å²) in [6.07, 6.45) is 4.13. The van der Waals surface area contributed by atoms with Crippen LogP contribution >= 0.6 is 22.9 Å². The molecule has 3 heterocycles. The maximum atomic E-state index is 12.2. The van der Waals surface area contributed by atoms with Crippen molar-refractivity contribution >= 4 is 40.2 Å². The lowest BCUT2D eigenvalue weighted by molar-refractivity contribution is 0.103. The summed E-state index contributed by atoms with van der Waals surface area (Å²) in [6, 6.07) is 7.09. The summed E-state index contributed by atoms with van der Waals surface area (Å²) in [4.78, 5) is 17.3. The van der Waals surface area contributed by atoms with Crippen LogP contribution in [0.15, 0.2) is 30.5 Å². The highest BCUT2D eigenvalue weighted by molar-refractivity contribution is 7.18. The Labute approximate surface area is 129 Å². The fourth-order valence-corrected chi connectivity index (χ4v) is 3.09. The van der Waals surface area contributed by atoms with Crippen LogP contribution in [0, 0.1) is 0 Å². The van der Waals surface area contributed by atoms with E-state index in [4.69, 9.17) is 11.6 Å². The van der Waals surface area contributed by atoms with Gasteiger partial charge in [-0.3, -0.25) is 4.79 Å². The lowest BCUT2D eigenvalue weighted by Crippen LogP contribution is -2.11. The number of hydrogen-bond acceptors (Lipinski definition) is 4. The molecule has 0 unspecified atom stereocenters. The van der Waals surface area contributed by atoms with E-state index < -0.39 is 0 Å². The van der Waals surface area contributed by atoms with Crippen molar-refractivity contribution in [2.45, 2.75) is 18.8 Å². The largest absolute Gasteiger partial charge is 0.318 e. The van der Waals surface area contributed by atoms with Gasteiger partial charge in [0.15, 0.2) is 11.5 Å². The third kappa shape index (κ3) is 2.41. The molecule has 1 aliphatic carbocycles. The first-order chi connectivity index (χ1) is 10.2. The van der Waals surface area contributed by atoms with Crippen LogP contribution in [-0.4, -0.2) is 20.5 Å². The molecule has 0 radical (unpaired) electrons. The maximum absolute atomic E-state index is 12.2. The average molecular weight is 319 g/mol. The van der Waals surface area contributed by atoms with Gasteiger partial charge >= 0.3 is 0 Å². The topological polar surface area (TPSA) is 59.3 Å². The van der Waals surface area contributed by atoms with Gasteiger partial charge in [-0.1, -0.05) is 11.6 Å². The fourth-order valence-electron chi connectivity index (χ4n) is 2.15. The van der Waals surface area contributed by atoms with Crippen molar-refractivity contribution in [3.05, 3.63) is 45.5 Å². The van der Waals surface area contributed by atoms with E-state index in [9.17, 15) is 4.79 Å². The van der Waals surface area contributed by atoms with Gasteiger partial charge < -0.3 is 5.32 Å². The molecular formula is C14H11ClN4OS. The molecular weight excluding hydrogens is 308 g/mol. The lowest BCUT2D eigenvalue weighted by Gasteiger charge is -2.04. The molecule has 0 bridgehead atoms. The van der Waals surface area contributed by atoms with Crippen molar-refractivity contribution in [1.29, 1.82) is 0 Å². The first-order valence-corrected chi connectivity index (χ1v) is 7.82. The molecule has 3 aromatic rings. The van der Waals surface area contributed by atoms with Crippen molar-refractivity contribution in [3.8, 4) is 0 Å². The molecule has 0 saturated heterocycles. The zero-order chi connectivity index (χ0) is 14.4. The van der Waals surface area contributed by atoms with E-state index in [0.717, 1.165) is 18.7 Å². The number of carbonyl (C=O) groups excluding carboxylic acids is 1. The smallest absolute Gasteiger partial charge is 0.265 e. The summed E-state index contributed by atoms with van der Waals surface area (Å²) < 4.78 is 2.31. The van der Waals surface area contributed by atoms with E-state index in [1.165, 1.54) is 11.3 Å². The molecule has 1 saturated carbocycles. The Balaban J connectivity index is 1.67. The van der Waals surface area contributed by atoms with Gasteiger partial charge in [0.1, 0.15) is 0 Å². The highest BCUT2D eigenvalue weighted by Gasteiger charge is 2.28. The summed E-state index contributed by atoms with van der Waals surface area (Å²) in [5.41, 5.74) is 1.34. The SMILES string of the molecule is O=C(Nc1cccn2nc(C3CC3)nc12)c1ccc(Cl)s1. The molecule has 1 fully saturated rings. The molecule has 1 aliphatic rings. The number of thiophene rings is 1. The van der Waals surface area contributed by atoms with Crippen LogP contribution in [0.25, 0.3) is 5.65 Å². The number of aromatic nitrogens is 3. The quantitative estimate of drug-likeness (QED) is 0.803. The molecule has 1 N–H and O–H groups in total. The molecule has 21 heavy (non-hydrogen) atoms. The molecule has 7 heteroatoms. The standard InChI is InChI=1S/C14H11ClN4OS/c15-11-6-5-10(21-11)14(20)16-9-2-1-7-19-13(9)17-12(18-19)8-3-4-8/h1-2,5-8H,3-4H2,(H,16,20). The molecule has 5 nitrogen and oxygen atoms in total. The Bertz CT molecular complexity index is 836. The number of halogens is 1. The Morgan fingerprint density at radius 2 is 2.24 bits per heavy atom. The third-order valence-corrected chi connectivity index (χ3v) is 4.60. The predicted molar refractivity (Wildman–Crippen MR) is 82.2 cm³/mol. The second kappa shape index (κ2) is 4.82. The van der Waals surface area contributed by atoms with Crippen molar-refractivity contribution < 1.29 is 4.79 Å². The second-order valence-corrected chi connectivity index (χ2v) is 6.71. The summed E-state index contributed by atoms with van der Waals surface area (Å²) in [7, 11) is 0. The van der Waals surface area contributed by atoms with Crippen LogP contribution in [0.4, 0.5) is 5.69 Å². The number of anilines is 1. The van der Waals surface area contributed by atoms with Crippen LogP contribution in [0.2, 0.25) is 4.34 Å². The highest BCUT2D eigenvalue weighted by Crippen LogP contribution is 2.38. The second-order valence-electron chi connectivity index (χ2n) is 4.99. The molecule has 0 atom stereocenters. The van der Waals surface area contributed by atoms with Gasteiger partial charge in [-0.2, -0.15) is 5.10 Å². The zero-order valence-electron chi connectivity index (χ0n) is 10.9. The molecule has 106 valence electrons. The van der Waals surface area contributed by atoms with Crippen LogP contribution < -0.4 is 5.32 Å². The van der Waals surface area contributed by atoms with Crippen molar-refractivity contribution in [2.24, 2.45) is 0 Å². The van der Waals surface area contributed by atoms with Crippen LogP contribution in [0.3, 0.4) is 0 Å². The normalized spacial score (nSPS) is 14.5. The number of fused-ring (bicyclic) bond motifs is 1. The van der Waals surface area contributed by atoms with Gasteiger partial charge in [-0.25, -0.2) is 9.50 Å². The summed E-state index contributed by atoms with van der Waals surface area (Å²) in [5.74, 6) is 1.15. The minimum absolute atomic E-state index is 0.184. The monoisotopic (exact) mass is 318 g/mol. The van der Waals surface area contributed by atoms with Gasteiger partial charge in [0, 0.05) is 12.1 Å². The Hall–Kier alpha value is -1.92. The molecule has 0 spiro atoms. The number of amides is 1. The summed E-state index contributed by atoms with van der Waals surface area (Å²) >= 11 is 7.11. The van der Waals surface area contributed by atoms with E-state index in [-0.39, 0.29) is 5.91 Å². The maximum Gasteiger partial charge on any atom is 0.265 e. The van der Waals surface area contributed by atoms with Crippen molar-refractivity contribution in [1.82, 2.24) is 14.6 Å². The van der Waals surface area contributed by atoms with Gasteiger partial charge in [0.25, 0.3) is 5.91 Å². The van der Waals surface area contributed by atoms with Gasteiger partial charge in [0.05, 0.1) is 14.9 Å². The number of nitrogens with one attached hydrogen (secondary N) is 1. The minimum Gasteiger partial charge on any atom is -0.318 e. The lowest BCUT2D eigenvalue weighted by atomic mass is 10.3. The molecule has 4 rings (SSSR count). The van der Waals surface area contributed by atoms with E-state index in [1.807, 2.05) is 18.3 Å². The van der Waals surface area contributed by atoms with E-state index in [1.54, 1.807) is 16.6 Å². The first-order valence-electron chi connectivity index (χ1n) is 6.63. The highest BCUT2D eigenvalue weighted by atomic mass is 35.5. The summed E-state index contributed by atoms with van der Waals surface area (Å²) in [6.45, 7) is 0. The van der Waals surface area contributed by atoms with Gasteiger partial charge in [-0.05, 0) is 37.1 Å². The minimum atomic E-state index is -0.184. The van der Waals surface area contributed by atoms with E-state index >= 15 is 0 Å². The van der Waals surface area contributed by atoms with Gasteiger partial charge in [0.2, 0.25) is 0 Å². The molecule has 3 aromatic heterocycles. The Morgan fingerprint density at radius 3 is 2.95 bits per heavy atom. The van der Waals surface area contributed by atoms with Crippen LogP contribution in [0.1, 0.15) is 34.3 Å². The van der Waals surface area contributed by atoms with Crippen molar-refractivity contribution in [3.63, 3.8) is 0 Å².